The predicted molar refractivity (Wildman–Crippen MR) is 120 cm³/mol. The van der Waals surface area contributed by atoms with Crippen LogP contribution in [0, 0.1) is 0 Å². The maximum Gasteiger partial charge on any atom is 0.341 e. The second-order valence-electron chi connectivity index (χ2n) is 6.63. The summed E-state index contributed by atoms with van der Waals surface area (Å²) in [5, 5.41) is 3.37. The van der Waals surface area contributed by atoms with Gasteiger partial charge in [0.15, 0.2) is 0 Å². The average molecular weight is 424 g/mol. The summed E-state index contributed by atoms with van der Waals surface area (Å²) >= 11 is 1.39. The van der Waals surface area contributed by atoms with Gasteiger partial charge in [0.2, 0.25) is 0 Å². The summed E-state index contributed by atoms with van der Waals surface area (Å²) in [6.07, 6.45) is 0. The van der Waals surface area contributed by atoms with Gasteiger partial charge in [0.05, 0.1) is 24.3 Å². The molecule has 0 unspecified atom stereocenters. The zero-order chi connectivity index (χ0) is 21.5. The Hall–Kier alpha value is -3.12. The van der Waals surface area contributed by atoms with E-state index < -0.39 is 5.97 Å². The Morgan fingerprint density at radius 1 is 0.967 bits per heavy atom. The second-order valence-corrected chi connectivity index (χ2v) is 7.71. The molecule has 0 radical (unpaired) electrons. The molecule has 3 aromatic rings. The van der Waals surface area contributed by atoms with Crippen molar-refractivity contribution in [3.63, 3.8) is 0 Å². The predicted octanol–water partition coefficient (Wildman–Crippen LogP) is 5.73. The van der Waals surface area contributed by atoms with Crippen LogP contribution in [-0.2, 0) is 4.74 Å². The van der Waals surface area contributed by atoms with Crippen molar-refractivity contribution < 1.29 is 19.1 Å². The third kappa shape index (κ3) is 4.89. The number of carbonyl (C=O) groups excluding carboxylic acids is 2. The number of carbonyl (C=O) groups is 2. The molecule has 0 saturated heterocycles. The van der Waals surface area contributed by atoms with Crippen LogP contribution in [0.2, 0.25) is 0 Å². The zero-order valence-electron chi connectivity index (χ0n) is 17.3. The number of hydrogen-bond donors (Lipinski definition) is 1. The summed E-state index contributed by atoms with van der Waals surface area (Å²) in [5.74, 6) is -0.200. The third-order valence-electron chi connectivity index (χ3n) is 4.63. The lowest BCUT2D eigenvalue weighted by molar-refractivity contribution is 0.0528. The van der Waals surface area contributed by atoms with E-state index in [1.54, 1.807) is 25.1 Å². The average Bonchev–Trinajstić information content (AvgIpc) is 3.18. The number of amides is 1. The van der Waals surface area contributed by atoms with Crippen LogP contribution in [0.3, 0.4) is 0 Å². The van der Waals surface area contributed by atoms with Gasteiger partial charge in [-0.1, -0.05) is 49.4 Å². The van der Waals surface area contributed by atoms with Crippen molar-refractivity contribution in [2.45, 2.75) is 26.7 Å². The quantitative estimate of drug-likeness (QED) is 0.470. The summed E-state index contributed by atoms with van der Waals surface area (Å²) in [4.78, 5) is 26.5. The van der Waals surface area contributed by atoms with Crippen molar-refractivity contribution in [1.82, 2.24) is 0 Å². The van der Waals surface area contributed by atoms with Crippen molar-refractivity contribution in [3.8, 4) is 5.75 Å². The van der Waals surface area contributed by atoms with Gasteiger partial charge >= 0.3 is 5.97 Å². The number of anilines is 1. The van der Waals surface area contributed by atoms with Crippen LogP contribution in [0.1, 0.15) is 57.8 Å². The summed E-state index contributed by atoms with van der Waals surface area (Å²) < 4.78 is 10.8. The lowest BCUT2D eigenvalue weighted by Crippen LogP contribution is -2.15. The maximum absolute atomic E-state index is 13.0. The number of thiophene rings is 1. The molecule has 30 heavy (non-hydrogen) atoms. The molecule has 1 aromatic heterocycles. The molecule has 1 amide bonds. The Balaban J connectivity index is 1.94. The molecule has 0 aliphatic rings. The summed E-state index contributed by atoms with van der Waals surface area (Å²) in [5.41, 5.74) is 1.91. The largest absolute Gasteiger partial charge is 0.493 e. The van der Waals surface area contributed by atoms with Crippen LogP contribution in [0.4, 0.5) is 5.00 Å². The molecular weight excluding hydrogens is 398 g/mol. The standard InChI is InChI=1S/C24H25NO4S/c1-4-28-20-14-10-9-13-18(20)22(26)25-23-19(24(27)29-5-2)15-21(30-23)16(3)17-11-7-6-8-12-17/h6-16H,4-5H2,1-3H3,(H,25,26)/t16-/m0/s1. The fourth-order valence-corrected chi connectivity index (χ4v) is 4.21. The molecule has 0 aliphatic carbocycles. The van der Waals surface area contributed by atoms with Gasteiger partial charge in [-0.3, -0.25) is 4.79 Å². The first-order chi connectivity index (χ1) is 14.5. The zero-order valence-corrected chi connectivity index (χ0v) is 18.1. The minimum atomic E-state index is -0.450. The van der Waals surface area contributed by atoms with Crippen LogP contribution in [0.15, 0.2) is 60.7 Å². The first kappa shape index (κ1) is 21.6. The van der Waals surface area contributed by atoms with Gasteiger partial charge in [0.1, 0.15) is 10.8 Å². The Kier molecular flexibility index (Phi) is 7.25. The molecule has 0 saturated carbocycles. The highest BCUT2D eigenvalue weighted by Crippen LogP contribution is 2.37. The molecule has 0 fully saturated rings. The van der Waals surface area contributed by atoms with E-state index in [0.29, 0.717) is 28.5 Å². The minimum absolute atomic E-state index is 0.0748. The first-order valence-corrected chi connectivity index (χ1v) is 10.8. The molecule has 5 nitrogen and oxygen atoms in total. The van der Waals surface area contributed by atoms with Crippen molar-refractivity contribution in [1.29, 1.82) is 0 Å². The van der Waals surface area contributed by atoms with Gasteiger partial charge in [-0.05, 0) is 37.6 Å². The van der Waals surface area contributed by atoms with Gasteiger partial charge < -0.3 is 14.8 Å². The molecule has 6 heteroatoms. The number of para-hydroxylation sites is 1. The van der Waals surface area contributed by atoms with E-state index in [1.807, 2.05) is 49.4 Å². The lowest BCUT2D eigenvalue weighted by atomic mass is 9.99. The smallest absolute Gasteiger partial charge is 0.341 e. The number of benzene rings is 2. The van der Waals surface area contributed by atoms with E-state index in [0.717, 1.165) is 10.4 Å². The van der Waals surface area contributed by atoms with Crippen molar-refractivity contribution in [3.05, 3.63) is 82.2 Å². The van der Waals surface area contributed by atoms with E-state index in [4.69, 9.17) is 9.47 Å². The Labute approximate surface area is 180 Å². The van der Waals surface area contributed by atoms with Crippen molar-refractivity contribution >= 4 is 28.2 Å². The molecule has 2 aromatic carbocycles. The fraction of sp³-hybridized carbons (Fsp3) is 0.250. The number of nitrogens with one attached hydrogen (secondary N) is 1. The molecule has 1 atom stereocenters. The van der Waals surface area contributed by atoms with Crippen LogP contribution in [0.25, 0.3) is 0 Å². The molecular formula is C24H25NO4S. The lowest BCUT2D eigenvalue weighted by Gasteiger charge is -2.11. The topological polar surface area (TPSA) is 64.6 Å². The van der Waals surface area contributed by atoms with Crippen LogP contribution in [0.5, 0.6) is 5.75 Å². The highest BCUT2D eigenvalue weighted by molar-refractivity contribution is 7.16. The van der Waals surface area contributed by atoms with Crippen molar-refractivity contribution in [2.75, 3.05) is 18.5 Å². The first-order valence-electron chi connectivity index (χ1n) is 9.94. The number of hydrogen-bond acceptors (Lipinski definition) is 5. The van der Waals surface area contributed by atoms with E-state index in [-0.39, 0.29) is 18.4 Å². The molecule has 1 heterocycles. The number of ether oxygens (including phenoxy) is 2. The van der Waals surface area contributed by atoms with E-state index in [1.165, 1.54) is 11.3 Å². The van der Waals surface area contributed by atoms with Gasteiger partial charge in [-0.2, -0.15) is 0 Å². The van der Waals surface area contributed by atoms with E-state index in [2.05, 4.69) is 12.2 Å². The SMILES string of the molecule is CCOC(=O)c1cc([C@@H](C)c2ccccc2)sc1NC(=O)c1ccccc1OCC. The van der Waals surface area contributed by atoms with Crippen LogP contribution in [-0.4, -0.2) is 25.1 Å². The summed E-state index contributed by atoms with van der Waals surface area (Å²) in [6, 6.07) is 18.9. The van der Waals surface area contributed by atoms with Crippen LogP contribution >= 0.6 is 11.3 Å². The molecule has 1 N–H and O–H groups in total. The van der Waals surface area contributed by atoms with E-state index in [9.17, 15) is 9.59 Å². The summed E-state index contributed by atoms with van der Waals surface area (Å²) in [7, 11) is 0. The molecule has 0 aliphatic heterocycles. The Bertz CT molecular complexity index is 1010. The molecule has 156 valence electrons. The van der Waals surface area contributed by atoms with E-state index >= 15 is 0 Å². The molecule has 0 spiro atoms. The van der Waals surface area contributed by atoms with Gasteiger partial charge in [0.25, 0.3) is 5.91 Å². The van der Waals surface area contributed by atoms with Crippen LogP contribution < -0.4 is 10.1 Å². The fourth-order valence-electron chi connectivity index (χ4n) is 3.09. The number of rotatable bonds is 8. The Morgan fingerprint density at radius 2 is 1.67 bits per heavy atom. The van der Waals surface area contributed by atoms with Gasteiger partial charge in [-0.25, -0.2) is 4.79 Å². The monoisotopic (exact) mass is 423 g/mol. The number of esters is 1. The highest BCUT2D eigenvalue weighted by Gasteiger charge is 2.23. The van der Waals surface area contributed by atoms with Crippen molar-refractivity contribution in [2.24, 2.45) is 0 Å². The minimum Gasteiger partial charge on any atom is -0.493 e. The Morgan fingerprint density at radius 3 is 2.37 bits per heavy atom. The van der Waals surface area contributed by atoms with Gasteiger partial charge in [0, 0.05) is 10.8 Å². The molecule has 0 bridgehead atoms. The molecule has 3 rings (SSSR count). The third-order valence-corrected chi connectivity index (χ3v) is 5.86. The van der Waals surface area contributed by atoms with Gasteiger partial charge in [-0.15, -0.1) is 11.3 Å². The highest BCUT2D eigenvalue weighted by atomic mass is 32.1. The maximum atomic E-state index is 13.0. The summed E-state index contributed by atoms with van der Waals surface area (Å²) in [6.45, 7) is 6.42. The normalized spacial score (nSPS) is 11.6. The second kappa shape index (κ2) is 10.1.